The van der Waals surface area contributed by atoms with E-state index in [0.717, 1.165) is 36.7 Å². The Morgan fingerprint density at radius 1 is 1.40 bits per heavy atom. The minimum absolute atomic E-state index is 0.0227. The first-order valence-electron chi connectivity index (χ1n) is 7.15. The van der Waals surface area contributed by atoms with Crippen molar-refractivity contribution in [1.29, 1.82) is 0 Å². The van der Waals surface area contributed by atoms with Crippen molar-refractivity contribution in [2.24, 2.45) is 0 Å². The molecule has 2 N–H and O–H groups in total. The number of aromatic nitrogens is 1. The number of hydrogen-bond acceptors (Lipinski definition) is 4. The fourth-order valence-corrected chi connectivity index (χ4v) is 2.56. The van der Waals surface area contributed by atoms with Gasteiger partial charge in [0.05, 0.1) is 0 Å². The highest BCUT2D eigenvalue weighted by molar-refractivity contribution is 7.98. The van der Waals surface area contributed by atoms with Crippen molar-refractivity contribution in [2.45, 2.75) is 39.7 Å². The van der Waals surface area contributed by atoms with Gasteiger partial charge in [0.1, 0.15) is 5.82 Å². The van der Waals surface area contributed by atoms with Gasteiger partial charge in [0, 0.05) is 29.6 Å². The lowest BCUT2D eigenvalue weighted by Gasteiger charge is -2.14. The molecule has 1 heterocycles. The smallest absolute Gasteiger partial charge is 0.251 e. The molecule has 5 heteroatoms. The van der Waals surface area contributed by atoms with E-state index in [4.69, 9.17) is 0 Å². The van der Waals surface area contributed by atoms with Gasteiger partial charge >= 0.3 is 0 Å². The minimum atomic E-state index is -0.0227. The summed E-state index contributed by atoms with van der Waals surface area (Å²) in [6.07, 6.45) is 3.95. The predicted molar refractivity (Wildman–Crippen MR) is 87.7 cm³/mol. The molecule has 0 spiro atoms. The fraction of sp³-hybridized carbons (Fsp3) is 0.600. The summed E-state index contributed by atoms with van der Waals surface area (Å²) < 4.78 is 0. The third-order valence-electron chi connectivity index (χ3n) is 2.80. The van der Waals surface area contributed by atoms with Crippen molar-refractivity contribution in [2.75, 3.05) is 23.9 Å². The van der Waals surface area contributed by atoms with Crippen LogP contribution >= 0.6 is 11.8 Å². The Balaban J connectivity index is 2.88. The van der Waals surface area contributed by atoms with E-state index in [9.17, 15) is 4.79 Å². The Labute approximate surface area is 126 Å². The molecule has 112 valence electrons. The van der Waals surface area contributed by atoms with Crippen molar-refractivity contribution in [3.05, 3.63) is 23.4 Å². The van der Waals surface area contributed by atoms with E-state index in [-0.39, 0.29) is 11.9 Å². The molecule has 1 aromatic heterocycles. The summed E-state index contributed by atoms with van der Waals surface area (Å²) in [6, 6.07) is 3.89. The molecule has 0 aliphatic rings. The predicted octanol–water partition coefficient (Wildman–Crippen LogP) is 2.95. The zero-order valence-electron chi connectivity index (χ0n) is 12.8. The first kappa shape index (κ1) is 16.8. The number of amides is 1. The molecule has 1 amide bonds. The third kappa shape index (κ3) is 5.41. The summed E-state index contributed by atoms with van der Waals surface area (Å²) >= 11 is 1.73. The number of aryl methyl sites for hydroxylation is 1. The lowest BCUT2D eigenvalue weighted by atomic mass is 10.1. The van der Waals surface area contributed by atoms with E-state index in [1.54, 1.807) is 11.8 Å². The lowest BCUT2D eigenvalue weighted by Crippen LogP contribution is -2.34. The van der Waals surface area contributed by atoms with E-state index < -0.39 is 0 Å². The fourth-order valence-electron chi connectivity index (χ4n) is 1.97. The molecular weight excluding hydrogens is 270 g/mol. The van der Waals surface area contributed by atoms with Crippen LogP contribution in [0.25, 0.3) is 0 Å². The van der Waals surface area contributed by atoms with Crippen molar-refractivity contribution >= 4 is 23.5 Å². The van der Waals surface area contributed by atoms with Crippen LogP contribution in [0.4, 0.5) is 5.82 Å². The summed E-state index contributed by atoms with van der Waals surface area (Å²) in [4.78, 5) is 16.8. The minimum Gasteiger partial charge on any atom is -0.370 e. The van der Waals surface area contributed by atoms with Gasteiger partial charge in [-0.3, -0.25) is 4.79 Å². The third-order valence-corrected chi connectivity index (χ3v) is 3.63. The van der Waals surface area contributed by atoms with Gasteiger partial charge in [-0.15, -0.1) is 0 Å². The molecule has 1 unspecified atom stereocenters. The molecule has 0 fully saturated rings. The Kier molecular flexibility index (Phi) is 7.44. The van der Waals surface area contributed by atoms with E-state index >= 15 is 0 Å². The first-order valence-corrected chi connectivity index (χ1v) is 8.54. The molecule has 1 aromatic rings. The van der Waals surface area contributed by atoms with Crippen LogP contribution in [0.1, 0.15) is 43.2 Å². The number of carbonyl (C=O) groups excluding carboxylic acids is 1. The Bertz CT molecular complexity index is 413. The van der Waals surface area contributed by atoms with Gasteiger partial charge in [0.15, 0.2) is 0 Å². The van der Waals surface area contributed by atoms with Gasteiger partial charge in [-0.05, 0) is 38.7 Å². The van der Waals surface area contributed by atoms with Crippen LogP contribution in [0, 0.1) is 0 Å². The van der Waals surface area contributed by atoms with Crippen LogP contribution in [-0.4, -0.2) is 35.5 Å². The van der Waals surface area contributed by atoms with Crippen molar-refractivity contribution in [3.63, 3.8) is 0 Å². The highest BCUT2D eigenvalue weighted by Gasteiger charge is 2.12. The SMILES string of the molecule is CCCc1cc(C(=O)NC(C)CSC)cc(NCC)n1. The van der Waals surface area contributed by atoms with Crippen molar-refractivity contribution in [1.82, 2.24) is 10.3 Å². The standard InChI is InChI=1S/C15H25N3OS/c1-5-7-13-8-12(9-14(18-13)16-6-2)15(19)17-11(3)10-20-4/h8-9,11H,5-7,10H2,1-4H3,(H,16,18)(H,17,19). The molecule has 1 atom stereocenters. The highest BCUT2D eigenvalue weighted by Crippen LogP contribution is 2.12. The van der Waals surface area contributed by atoms with E-state index in [1.807, 2.05) is 32.2 Å². The first-order chi connectivity index (χ1) is 9.60. The van der Waals surface area contributed by atoms with Crippen LogP contribution in [0.15, 0.2) is 12.1 Å². The second kappa shape index (κ2) is 8.84. The van der Waals surface area contributed by atoms with Gasteiger partial charge in [-0.1, -0.05) is 13.3 Å². The van der Waals surface area contributed by atoms with Crippen LogP contribution in [0.2, 0.25) is 0 Å². The second-order valence-corrected chi connectivity index (χ2v) is 5.75. The van der Waals surface area contributed by atoms with E-state index in [1.165, 1.54) is 0 Å². The Morgan fingerprint density at radius 2 is 2.15 bits per heavy atom. The van der Waals surface area contributed by atoms with Crippen molar-refractivity contribution < 1.29 is 4.79 Å². The number of carbonyl (C=O) groups is 1. The molecule has 20 heavy (non-hydrogen) atoms. The maximum atomic E-state index is 12.3. The van der Waals surface area contributed by atoms with Crippen LogP contribution < -0.4 is 10.6 Å². The molecule has 4 nitrogen and oxygen atoms in total. The van der Waals surface area contributed by atoms with Gasteiger partial charge in [-0.25, -0.2) is 4.98 Å². The summed E-state index contributed by atoms with van der Waals surface area (Å²) in [5.41, 5.74) is 1.65. The molecule has 0 aliphatic heterocycles. The van der Waals surface area contributed by atoms with Gasteiger partial charge in [0.2, 0.25) is 0 Å². The summed E-state index contributed by atoms with van der Waals surface area (Å²) in [7, 11) is 0. The van der Waals surface area contributed by atoms with Gasteiger partial charge in [0.25, 0.3) is 5.91 Å². The van der Waals surface area contributed by atoms with E-state index in [0.29, 0.717) is 5.56 Å². The maximum absolute atomic E-state index is 12.3. The second-order valence-electron chi connectivity index (χ2n) is 4.84. The molecular formula is C15H25N3OS. The maximum Gasteiger partial charge on any atom is 0.251 e. The average molecular weight is 295 g/mol. The Morgan fingerprint density at radius 3 is 2.75 bits per heavy atom. The zero-order chi connectivity index (χ0) is 15.0. The number of thioether (sulfide) groups is 1. The van der Waals surface area contributed by atoms with Gasteiger partial charge < -0.3 is 10.6 Å². The van der Waals surface area contributed by atoms with E-state index in [2.05, 4.69) is 22.5 Å². The molecule has 0 radical (unpaired) electrons. The molecule has 0 saturated heterocycles. The molecule has 0 aliphatic carbocycles. The topological polar surface area (TPSA) is 54.0 Å². The number of nitrogens with zero attached hydrogens (tertiary/aromatic N) is 1. The quantitative estimate of drug-likeness (QED) is 0.774. The highest BCUT2D eigenvalue weighted by atomic mass is 32.2. The normalized spacial score (nSPS) is 12.0. The van der Waals surface area contributed by atoms with Crippen LogP contribution in [0.5, 0.6) is 0 Å². The molecule has 1 rings (SSSR count). The largest absolute Gasteiger partial charge is 0.370 e. The Hall–Kier alpha value is -1.23. The summed E-state index contributed by atoms with van der Waals surface area (Å²) in [5, 5.41) is 6.21. The molecule has 0 aromatic carbocycles. The molecule has 0 bridgehead atoms. The summed E-state index contributed by atoms with van der Waals surface area (Å²) in [5.74, 6) is 1.67. The van der Waals surface area contributed by atoms with Gasteiger partial charge in [-0.2, -0.15) is 11.8 Å². The monoisotopic (exact) mass is 295 g/mol. The lowest BCUT2D eigenvalue weighted by molar-refractivity contribution is 0.0943. The van der Waals surface area contributed by atoms with Crippen LogP contribution in [0.3, 0.4) is 0 Å². The number of rotatable bonds is 8. The average Bonchev–Trinajstić information content (AvgIpc) is 2.39. The molecule has 0 saturated carbocycles. The number of hydrogen-bond donors (Lipinski definition) is 2. The van der Waals surface area contributed by atoms with Crippen molar-refractivity contribution in [3.8, 4) is 0 Å². The summed E-state index contributed by atoms with van der Waals surface area (Å²) in [6.45, 7) is 6.95. The number of nitrogens with one attached hydrogen (secondary N) is 2. The number of anilines is 1. The van der Waals surface area contributed by atoms with Crippen LogP contribution in [-0.2, 0) is 6.42 Å². The number of pyridine rings is 1. The zero-order valence-corrected chi connectivity index (χ0v) is 13.6.